The van der Waals surface area contributed by atoms with Gasteiger partial charge in [-0.05, 0) is 30.2 Å². The van der Waals surface area contributed by atoms with Crippen LogP contribution in [0, 0.1) is 6.92 Å². The van der Waals surface area contributed by atoms with Gasteiger partial charge in [0.25, 0.3) is 0 Å². The molecular weight excluding hydrogens is 402 g/mol. The lowest BCUT2D eigenvalue weighted by Crippen LogP contribution is -2.34. The fourth-order valence-electron chi connectivity index (χ4n) is 3.05. The Morgan fingerprint density at radius 2 is 2.18 bits per heavy atom. The third kappa shape index (κ3) is 4.10. The van der Waals surface area contributed by atoms with E-state index in [2.05, 4.69) is 9.97 Å². The van der Waals surface area contributed by atoms with E-state index in [1.54, 1.807) is 19.1 Å². The molecule has 0 saturated carbocycles. The highest BCUT2D eigenvalue weighted by molar-refractivity contribution is 6.30. The summed E-state index contributed by atoms with van der Waals surface area (Å²) < 4.78 is 55.2. The summed E-state index contributed by atoms with van der Waals surface area (Å²) >= 11 is 6.10. The van der Waals surface area contributed by atoms with Crippen LogP contribution >= 0.6 is 11.6 Å². The van der Waals surface area contributed by atoms with Crippen molar-refractivity contribution in [1.82, 2.24) is 14.9 Å². The van der Waals surface area contributed by atoms with Crippen molar-refractivity contribution in [3.8, 4) is 5.88 Å². The van der Waals surface area contributed by atoms with Gasteiger partial charge in [0.2, 0.25) is 5.88 Å². The molecule has 10 heteroatoms. The number of hydrogen-bond acceptors (Lipinski definition) is 5. The van der Waals surface area contributed by atoms with Crippen LogP contribution in [0.2, 0.25) is 5.15 Å². The maximum atomic E-state index is 13.0. The van der Waals surface area contributed by atoms with Crippen LogP contribution in [0.3, 0.4) is 0 Å². The zero-order chi connectivity index (χ0) is 20.5. The molecule has 0 radical (unpaired) electrons. The van der Waals surface area contributed by atoms with Crippen LogP contribution in [0.4, 0.5) is 17.6 Å². The van der Waals surface area contributed by atoms with E-state index in [1.165, 1.54) is 12.4 Å². The molecule has 1 unspecified atom stereocenters. The summed E-state index contributed by atoms with van der Waals surface area (Å²) in [5.41, 5.74) is 2.69. The fourth-order valence-corrected chi connectivity index (χ4v) is 3.27. The Morgan fingerprint density at radius 3 is 2.82 bits per heavy atom. The van der Waals surface area contributed by atoms with Crippen LogP contribution in [0.15, 0.2) is 24.5 Å². The van der Waals surface area contributed by atoms with E-state index in [-0.39, 0.29) is 5.88 Å². The normalized spacial score (nSPS) is 17.0. The first-order valence-corrected chi connectivity index (χ1v) is 8.67. The molecule has 1 aliphatic heterocycles. The van der Waals surface area contributed by atoms with Gasteiger partial charge in [-0.2, -0.15) is 8.78 Å². The van der Waals surface area contributed by atoms with Gasteiger partial charge < -0.3 is 9.53 Å². The molecule has 5 nitrogen and oxygen atoms in total. The second kappa shape index (κ2) is 8.00. The van der Waals surface area contributed by atoms with Gasteiger partial charge in [-0.15, -0.1) is 0 Å². The lowest BCUT2D eigenvalue weighted by molar-refractivity contribution is -0.148. The van der Waals surface area contributed by atoms with E-state index in [9.17, 15) is 22.4 Å². The number of hydrogen-bond donors (Lipinski definition) is 0. The molecule has 0 spiro atoms. The number of aromatic nitrogens is 2. The van der Waals surface area contributed by atoms with Crippen LogP contribution in [0.5, 0.6) is 5.88 Å². The summed E-state index contributed by atoms with van der Waals surface area (Å²) in [7, 11) is 0. The van der Waals surface area contributed by atoms with Crippen LogP contribution < -0.4 is 4.74 Å². The third-order valence-electron chi connectivity index (χ3n) is 4.43. The van der Waals surface area contributed by atoms with Gasteiger partial charge in [-0.1, -0.05) is 11.6 Å². The van der Waals surface area contributed by atoms with Gasteiger partial charge in [0.15, 0.2) is 6.61 Å². The number of aldehydes is 1. The molecule has 150 valence electrons. The van der Waals surface area contributed by atoms with Gasteiger partial charge >= 0.3 is 12.3 Å². The minimum absolute atomic E-state index is 0.145. The number of alkyl halides is 4. The minimum Gasteiger partial charge on any atom is -0.471 e. The Morgan fingerprint density at radius 1 is 1.43 bits per heavy atom. The summed E-state index contributed by atoms with van der Waals surface area (Å²) in [6.07, 6.45) is -0.0702. The number of ether oxygens (including phenoxy) is 1. The predicted octanol–water partition coefficient (Wildman–Crippen LogP) is 3.97. The van der Waals surface area contributed by atoms with Crippen molar-refractivity contribution in [2.24, 2.45) is 0 Å². The summed E-state index contributed by atoms with van der Waals surface area (Å²) in [6, 6.07) is 2.90. The van der Waals surface area contributed by atoms with Crippen molar-refractivity contribution in [2.75, 3.05) is 6.61 Å². The topological polar surface area (TPSA) is 55.3 Å². The van der Waals surface area contributed by atoms with E-state index in [0.717, 1.165) is 17.4 Å². The van der Waals surface area contributed by atoms with Gasteiger partial charge in [-0.25, -0.2) is 18.7 Å². The fraction of sp³-hybridized carbons (Fsp3) is 0.389. The molecule has 28 heavy (non-hydrogen) atoms. The summed E-state index contributed by atoms with van der Waals surface area (Å²) in [4.78, 5) is 21.4. The van der Waals surface area contributed by atoms with E-state index >= 15 is 0 Å². The monoisotopic (exact) mass is 417 g/mol. The summed E-state index contributed by atoms with van der Waals surface area (Å²) in [5, 5.41) is 0.338. The maximum absolute atomic E-state index is 13.0. The van der Waals surface area contributed by atoms with Crippen molar-refractivity contribution >= 4 is 17.9 Å². The number of rotatable bonds is 7. The van der Waals surface area contributed by atoms with E-state index in [1.807, 2.05) is 4.90 Å². The average Bonchev–Trinajstić information content (AvgIpc) is 2.99. The molecule has 0 aromatic carbocycles. The van der Waals surface area contributed by atoms with Crippen molar-refractivity contribution in [3.63, 3.8) is 0 Å². The Labute approximate surface area is 163 Å². The van der Waals surface area contributed by atoms with Gasteiger partial charge in [0.1, 0.15) is 11.4 Å². The van der Waals surface area contributed by atoms with Gasteiger partial charge in [-0.3, -0.25) is 4.90 Å². The SMILES string of the molecule is Cc1cc(CN2Cc3c(ccnc3Cl)C2C=O)cnc1OCC(F)(F)C(F)F. The molecule has 2 aromatic heterocycles. The Bertz CT molecular complexity index is 882. The molecule has 0 fully saturated rings. The highest BCUT2D eigenvalue weighted by atomic mass is 35.5. The summed E-state index contributed by atoms with van der Waals surface area (Å²) in [5.74, 6) is -4.40. The Hall–Kier alpha value is -2.26. The number of carbonyl (C=O) groups is 1. The zero-order valence-electron chi connectivity index (χ0n) is 14.7. The molecule has 3 rings (SSSR count). The van der Waals surface area contributed by atoms with E-state index in [4.69, 9.17) is 16.3 Å². The van der Waals surface area contributed by atoms with Gasteiger partial charge in [0.05, 0.1) is 6.04 Å². The van der Waals surface area contributed by atoms with Gasteiger partial charge in [0, 0.05) is 36.6 Å². The lowest BCUT2D eigenvalue weighted by atomic mass is 10.1. The number of nitrogens with zero attached hydrogens (tertiary/aromatic N) is 3. The van der Waals surface area contributed by atoms with Crippen molar-refractivity contribution < 1.29 is 27.1 Å². The number of fused-ring (bicyclic) bond motifs is 1. The maximum Gasteiger partial charge on any atom is 0.340 e. The predicted molar refractivity (Wildman–Crippen MR) is 92.7 cm³/mol. The number of carbonyl (C=O) groups excluding carboxylic acids is 1. The highest BCUT2D eigenvalue weighted by Crippen LogP contribution is 2.36. The number of pyridine rings is 2. The molecule has 0 N–H and O–H groups in total. The molecule has 0 amide bonds. The van der Waals surface area contributed by atoms with E-state index in [0.29, 0.717) is 29.4 Å². The molecule has 1 aliphatic rings. The van der Waals surface area contributed by atoms with Crippen LogP contribution in [0.25, 0.3) is 0 Å². The van der Waals surface area contributed by atoms with Crippen LogP contribution in [-0.2, 0) is 17.9 Å². The Balaban J connectivity index is 1.71. The Kier molecular flexibility index (Phi) is 5.85. The number of halogens is 5. The van der Waals surface area contributed by atoms with Crippen molar-refractivity contribution in [1.29, 1.82) is 0 Å². The smallest absolute Gasteiger partial charge is 0.340 e. The largest absolute Gasteiger partial charge is 0.471 e. The molecular formula is C18H16ClF4N3O2. The second-order valence-corrected chi connectivity index (χ2v) is 6.83. The highest BCUT2D eigenvalue weighted by Gasteiger charge is 2.42. The quantitative estimate of drug-likeness (QED) is 0.387. The minimum atomic E-state index is -4.25. The molecule has 3 heterocycles. The first-order chi connectivity index (χ1) is 13.2. The first-order valence-electron chi connectivity index (χ1n) is 8.30. The molecule has 2 aromatic rings. The third-order valence-corrected chi connectivity index (χ3v) is 4.76. The lowest BCUT2D eigenvalue weighted by Gasteiger charge is -2.21. The molecule has 0 aliphatic carbocycles. The van der Waals surface area contributed by atoms with Crippen molar-refractivity contribution in [2.45, 2.75) is 38.4 Å². The molecule has 1 atom stereocenters. The molecule has 0 saturated heterocycles. The second-order valence-electron chi connectivity index (χ2n) is 6.47. The van der Waals surface area contributed by atoms with Crippen LogP contribution in [-0.4, -0.2) is 40.1 Å². The summed E-state index contributed by atoms with van der Waals surface area (Å²) in [6.45, 7) is 0.875. The zero-order valence-corrected chi connectivity index (χ0v) is 15.5. The van der Waals surface area contributed by atoms with Crippen molar-refractivity contribution in [3.05, 3.63) is 51.9 Å². The number of aryl methyl sites for hydroxylation is 1. The van der Waals surface area contributed by atoms with E-state index < -0.39 is 25.0 Å². The average molecular weight is 418 g/mol. The standard InChI is InChI=1S/C18H16ClF4N3O2/c1-10-4-11(5-25-16(10)28-9-18(22,23)17(20)21)6-26-7-13-12(14(26)8-27)2-3-24-15(13)19/h2-5,8,14,17H,6-7,9H2,1H3. The van der Waals surface area contributed by atoms with Crippen LogP contribution in [0.1, 0.15) is 28.3 Å². The first kappa shape index (κ1) is 20.5. The molecule has 0 bridgehead atoms.